The van der Waals surface area contributed by atoms with E-state index in [1.165, 1.54) is 0 Å². The molecule has 0 aliphatic carbocycles. The predicted molar refractivity (Wildman–Crippen MR) is 103 cm³/mol. The van der Waals surface area contributed by atoms with Gasteiger partial charge in [-0.15, -0.1) is 6.58 Å². The molecule has 1 aromatic rings. The van der Waals surface area contributed by atoms with Crippen molar-refractivity contribution in [2.75, 3.05) is 6.61 Å². The molecule has 1 N–H and O–H groups in total. The van der Waals surface area contributed by atoms with Crippen molar-refractivity contribution in [2.24, 2.45) is 0 Å². The Labute approximate surface area is 156 Å². The van der Waals surface area contributed by atoms with Gasteiger partial charge in [-0.1, -0.05) is 42.5 Å². The number of carbonyl (C=O) groups is 2. The first-order valence-electron chi connectivity index (χ1n) is 8.77. The number of carbonyl (C=O) groups excluding carboxylic acids is 2. The maximum atomic E-state index is 12.2. The van der Waals surface area contributed by atoms with Crippen LogP contribution in [0.3, 0.4) is 0 Å². The predicted octanol–water partition coefficient (Wildman–Crippen LogP) is 4.19. The van der Waals surface area contributed by atoms with Crippen LogP contribution in [0.5, 0.6) is 0 Å². The smallest absolute Gasteiger partial charge is 0.408 e. The summed E-state index contributed by atoms with van der Waals surface area (Å²) in [5.74, 6) is -0.406. The lowest BCUT2D eigenvalue weighted by Gasteiger charge is -2.23. The summed E-state index contributed by atoms with van der Waals surface area (Å²) in [4.78, 5) is 24.3. The van der Waals surface area contributed by atoms with E-state index in [0.717, 1.165) is 5.56 Å². The summed E-state index contributed by atoms with van der Waals surface area (Å²) in [7, 11) is 0. The van der Waals surface area contributed by atoms with Crippen molar-refractivity contribution >= 4 is 12.1 Å². The van der Waals surface area contributed by atoms with Crippen LogP contribution in [-0.4, -0.2) is 30.3 Å². The third-order valence-corrected chi connectivity index (χ3v) is 3.30. The molecule has 0 radical (unpaired) electrons. The number of allylic oxidation sites excluding steroid dienone is 1. The molecule has 26 heavy (non-hydrogen) atoms. The molecule has 0 bridgehead atoms. The minimum atomic E-state index is -0.601. The van der Waals surface area contributed by atoms with Crippen LogP contribution in [0.2, 0.25) is 0 Å². The van der Waals surface area contributed by atoms with Gasteiger partial charge in [-0.05, 0) is 46.1 Å². The zero-order chi connectivity index (χ0) is 19.6. The maximum Gasteiger partial charge on any atom is 0.408 e. The second-order valence-corrected chi connectivity index (χ2v) is 6.85. The van der Waals surface area contributed by atoms with Crippen molar-refractivity contribution < 1.29 is 19.1 Å². The quantitative estimate of drug-likeness (QED) is 0.429. The van der Waals surface area contributed by atoms with Gasteiger partial charge in [-0.2, -0.15) is 0 Å². The van der Waals surface area contributed by atoms with Gasteiger partial charge in [0.2, 0.25) is 0 Å². The average Bonchev–Trinajstić information content (AvgIpc) is 2.53. The van der Waals surface area contributed by atoms with Gasteiger partial charge in [0.05, 0.1) is 12.6 Å². The van der Waals surface area contributed by atoms with Crippen molar-refractivity contribution in [1.82, 2.24) is 5.32 Å². The molecule has 1 rings (SSSR count). The van der Waals surface area contributed by atoms with Crippen molar-refractivity contribution in [1.29, 1.82) is 0 Å². The summed E-state index contributed by atoms with van der Waals surface area (Å²) < 4.78 is 10.4. The van der Waals surface area contributed by atoms with E-state index in [1.807, 2.05) is 30.3 Å². The van der Waals surface area contributed by atoms with Crippen LogP contribution in [0.15, 0.2) is 54.6 Å². The monoisotopic (exact) mass is 359 g/mol. The molecular weight excluding hydrogens is 330 g/mol. The standard InChI is InChI=1S/C21H29NO4/c1-6-11-17(19(23)25-7-2)15-18(14-16-12-9-8-10-13-16)22-20(24)26-21(3,4)5/h6,8-10,12-13,15,18H,1,7,11,14H2,2-5H3,(H,22,24)/b17-15+/t18-/m0/s1. The van der Waals surface area contributed by atoms with Crippen LogP contribution in [-0.2, 0) is 20.7 Å². The third kappa shape index (κ3) is 8.51. The number of hydrogen-bond acceptors (Lipinski definition) is 4. The Balaban J connectivity index is 3.03. The van der Waals surface area contributed by atoms with Gasteiger partial charge < -0.3 is 14.8 Å². The topological polar surface area (TPSA) is 64.6 Å². The van der Waals surface area contributed by atoms with Crippen molar-refractivity contribution in [3.8, 4) is 0 Å². The fourth-order valence-corrected chi connectivity index (χ4v) is 2.32. The van der Waals surface area contributed by atoms with Gasteiger partial charge in [0.1, 0.15) is 5.60 Å². The highest BCUT2D eigenvalue weighted by molar-refractivity contribution is 5.89. The lowest BCUT2D eigenvalue weighted by Crippen LogP contribution is -2.39. The SMILES string of the molecule is C=CC/C(=C\[C@H](Cc1ccccc1)NC(=O)OC(C)(C)C)C(=O)OCC. The molecule has 0 saturated heterocycles. The number of nitrogens with one attached hydrogen (secondary N) is 1. The lowest BCUT2D eigenvalue weighted by molar-refractivity contribution is -0.138. The van der Waals surface area contributed by atoms with Gasteiger partial charge in [-0.3, -0.25) is 0 Å². The summed E-state index contributed by atoms with van der Waals surface area (Å²) in [6, 6.07) is 9.31. The van der Waals surface area contributed by atoms with E-state index >= 15 is 0 Å². The molecule has 0 aliphatic heterocycles. The first-order valence-corrected chi connectivity index (χ1v) is 8.77. The number of ether oxygens (including phenoxy) is 2. The van der Waals surface area contributed by atoms with Crippen molar-refractivity contribution in [3.05, 3.63) is 60.2 Å². The van der Waals surface area contributed by atoms with E-state index in [-0.39, 0.29) is 6.61 Å². The number of esters is 1. The third-order valence-electron chi connectivity index (χ3n) is 3.30. The van der Waals surface area contributed by atoms with Crippen LogP contribution >= 0.6 is 0 Å². The van der Waals surface area contributed by atoms with E-state index in [2.05, 4.69) is 11.9 Å². The van der Waals surface area contributed by atoms with Gasteiger partial charge >= 0.3 is 12.1 Å². The number of amides is 1. The molecule has 0 fully saturated rings. The normalized spacial score (nSPS) is 12.8. The number of hydrogen-bond donors (Lipinski definition) is 1. The van der Waals surface area contributed by atoms with E-state index in [9.17, 15) is 9.59 Å². The molecule has 5 nitrogen and oxygen atoms in total. The second kappa shape index (κ2) is 10.4. The van der Waals surface area contributed by atoms with Crippen molar-refractivity contribution in [2.45, 2.75) is 52.2 Å². The Kier molecular flexibility index (Phi) is 8.62. The molecule has 0 unspecified atom stereocenters. The van der Waals surface area contributed by atoms with E-state index < -0.39 is 23.7 Å². The largest absolute Gasteiger partial charge is 0.463 e. The molecule has 0 aromatic heterocycles. The summed E-state index contributed by atoms with van der Waals surface area (Å²) >= 11 is 0. The molecular formula is C21H29NO4. The van der Waals surface area contributed by atoms with E-state index in [4.69, 9.17) is 9.47 Å². The average molecular weight is 359 g/mol. The summed E-state index contributed by atoms with van der Waals surface area (Å²) in [5.41, 5.74) is 0.890. The van der Waals surface area contributed by atoms with Crippen LogP contribution < -0.4 is 5.32 Å². The fourth-order valence-electron chi connectivity index (χ4n) is 2.32. The highest BCUT2D eigenvalue weighted by Gasteiger charge is 2.20. The number of rotatable bonds is 8. The zero-order valence-electron chi connectivity index (χ0n) is 16.1. The van der Waals surface area contributed by atoms with Gasteiger partial charge in [-0.25, -0.2) is 9.59 Å². The first kappa shape index (κ1) is 21.5. The Morgan fingerprint density at radius 1 is 1.23 bits per heavy atom. The molecule has 0 spiro atoms. The summed E-state index contributed by atoms with van der Waals surface area (Å²) in [6.07, 6.45) is 3.71. The van der Waals surface area contributed by atoms with Gasteiger partial charge in [0, 0.05) is 5.57 Å². The first-order chi connectivity index (χ1) is 12.2. The highest BCUT2D eigenvalue weighted by Crippen LogP contribution is 2.13. The molecule has 142 valence electrons. The van der Waals surface area contributed by atoms with Gasteiger partial charge in [0.15, 0.2) is 0 Å². The van der Waals surface area contributed by atoms with E-state index in [0.29, 0.717) is 18.4 Å². The number of benzene rings is 1. The van der Waals surface area contributed by atoms with Gasteiger partial charge in [0.25, 0.3) is 0 Å². The summed E-state index contributed by atoms with van der Waals surface area (Å²) in [6.45, 7) is 11.1. The molecule has 0 saturated carbocycles. The minimum absolute atomic E-state index is 0.288. The lowest BCUT2D eigenvalue weighted by atomic mass is 10.0. The van der Waals surface area contributed by atoms with Crippen LogP contribution in [0.1, 0.15) is 39.7 Å². The maximum absolute atomic E-state index is 12.2. The Morgan fingerprint density at radius 3 is 2.42 bits per heavy atom. The summed E-state index contributed by atoms with van der Waals surface area (Å²) in [5, 5.41) is 2.83. The number of alkyl carbamates (subject to hydrolysis) is 1. The Bertz CT molecular complexity index is 629. The second-order valence-electron chi connectivity index (χ2n) is 6.85. The van der Waals surface area contributed by atoms with Crippen LogP contribution in [0.25, 0.3) is 0 Å². The molecule has 1 amide bonds. The molecule has 0 aliphatic rings. The fraction of sp³-hybridized carbons (Fsp3) is 0.429. The zero-order valence-corrected chi connectivity index (χ0v) is 16.1. The molecule has 1 aromatic carbocycles. The molecule has 1 atom stereocenters. The Morgan fingerprint density at radius 2 is 1.88 bits per heavy atom. The highest BCUT2D eigenvalue weighted by atomic mass is 16.6. The van der Waals surface area contributed by atoms with Crippen LogP contribution in [0, 0.1) is 0 Å². The minimum Gasteiger partial charge on any atom is -0.463 e. The van der Waals surface area contributed by atoms with E-state index in [1.54, 1.807) is 39.8 Å². The van der Waals surface area contributed by atoms with Crippen molar-refractivity contribution in [3.63, 3.8) is 0 Å². The molecule has 5 heteroatoms. The van der Waals surface area contributed by atoms with Crippen LogP contribution in [0.4, 0.5) is 4.79 Å². The Hall–Kier alpha value is -2.56. The molecule has 0 heterocycles.